The summed E-state index contributed by atoms with van der Waals surface area (Å²) >= 11 is 12.7. The van der Waals surface area contributed by atoms with Gasteiger partial charge >= 0.3 is 0 Å². The third kappa shape index (κ3) is 9.02. The zero-order valence-corrected chi connectivity index (χ0v) is 28.2. The molecule has 1 atom stereocenters. The first-order chi connectivity index (χ1) is 22.0. The van der Waals surface area contributed by atoms with Crippen LogP contribution in [-0.4, -0.2) is 51.4 Å². The van der Waals surface area contributed by atoms with Crippen molar-refractivity contribution >= 4 is 50.7 Å². The average molecular weight is 683 g/mol. The van der Waals surface area contributed by atoms with Crippen LogP contribution in [0.1, 0.15) is 25.0 Å². The molecule has 46 heavy (non-hydrogen) atoms. The lowest BCUT2D eigenvalue weighted by atomic mass is 10.0. The van der Waals surface area contributed by atoms with Gasteiger partial charge < -0.3 is 15.0 Å². The van der Waals surface area contributed by atoms with Crippen LogP contribution in [0.5, 0.6) is 5.75 Å². The van der Waals surface area contributed by atoms with Gasteiger partial charge in [-0.1, -0.05) is 91.6 Å². The topological polar surface area (TPSA) is 96.0 Å². The molecule has 0 aliphatic rings. The number of halogens is 2. The van der Waals surface area contributed by atoms with Crippen LogP contribution < -0.4 is 14.4 Å². The second-order valence-electron chi connectivity index (χ2n) is 11.1. The van der Waals surface area contributed by atoms with E-state index in [1.165, 1.54) is 24.1 Å². The van der Waals surface area contributed by atoms with Crippen LogP contribution in [0.15, 0.2) is 108 Å². The van der Waals surface area contributed by atoms with Gasteiger partial charge in [-0.2, -0.15) is 0 Å². The molecule has 0 saturated carbocycles. The number of amides is 2. The van der Waals surface area contributed by atoms with E-state index in [4.69, 9.17) is 27.9 Å². The Bertz CT molecular complexity index is 1720. The molecule has 0 aliphatic carbocycles. The number of hydrogen-bond donors (Lipinski definition) is 1. The number of sulfonamides is 1. The number of nitrogens with zero attached hydrogens (tertiary/aromatic N) is 2. The molecule has 0 heterocycles. The number of anilines is 1. The van der Waals surface area contributed by atoms with E-state index in [0.29, 0.717) is 27.9 Å². The van der Waals surface area contributed by atoms with Crippen molar-refractivity contribution in [3.63, 3.8) is 0 Å². The van der Waals surface area contributed by atoms with Gasteiger partial charge in [0, 0.05) is 29.6 Å². The Hall–Kier alpha value is -4.05. The van der Waals surface area contributed by atoms with Crippen LogP contribution in [0.3, 0.4) is 0 Å². The van der Waals surface area contributed by atoms with Crippen LogP contribution in [0.4, 0.5) is 5.69 Å². The van der Waals surface area contributed by atoms with Gasteiger partial charge in [0.05, 0.1) is 17.7 Å². The fraction of sp³-hybridized carbons (Fsp3) is 0.257. The molecule has 2 amide bonds. The van der Waals surface area contributed by atoms with Crippen LogP contribution in [0, 0.1) is 5.92 Å². The summed E-state index contributed by atoms with van der Waals surface area (Å²) in [5.41, 5.74) is 1.64. The van der Waals surface area contributed by atoms with Crippen molar-refractivity contribution in [3.05, 3.63) is 124 Å². The van der Waals surface area contributed by atoms with Crippen LogP contribution in [0.2, 0.25) is 10.0 Å². The van der Waals surface area contributed by atoms with Crippen molar-refractivity contribution in [2.75, 3.05) is 24.5 Å². The lowest BCUT2D eigenvalue weighted by Crippen LogP contribution is -2.53. The van der Waals surface area contributed by atoms with Crippen molar-refractivity contribution in [2.24, 2.45) is 5.92 Å². The average Bonchev–Trinajstić information content (AvgIpc) is 3.05. The Balaban J connectivity index is 1.81. The van der Waals surface area contributed by atoms with Crippen LogP contribution in [0.25, 0.3) is 0 Å². The first-order valence-electron chi connectivity index (χ1n) is 14.8. The van der Waals surface area contributed by atoms with Gasteiger partial charge in [0.2, 0.25) is 11.8 Å². The van der Waals surface area contributed by atoms with Crippen molar-refractivity contribution in [2.45, 2.75) is 37.8 Å². The highest BCUT2D eigenvalue weighted by atomic mass is 35.5. The lowest BCUT2D eigenvalue weighted by Gasteiger charge is -2.34. The SMILES string of the molecule is COc1ccc(N(CC(=O)N(Cc2ccc(Cl)cc2Cl)[C@H](Cc2ccccc2)C(=O)NCC(C)C)S(=O)(=O)c2ccccc2)cc1. The van der Waals surface area contributed by atoms with Crippen molar-refractivity contribution < 1.29 is 22.7 Å². The minimum absolute atomic E-state index is 0.0152. The monoisotopic (exact) mass is 681 g/mol. The predicted octanol–water partition coefficient (Wildman–Crippen LogP) is 6.61. The number of carbonyl (C=O) groups is 2. The van der Waals surface area contributed by atoms with Gasteiger partial charge in [-0.25, -0.2) is 8.42 Å². The lowest BCUT2D eigenvalue weighted by molar-refractivity contribution is -0.140. The molecule has 0 aromatic heterocycles. The normalized spacial score (nSPS) is 12.0. The summed E-state index contributed by atoms with van der Waals surface area (Å²) in [6.07, 6.45) is 0.190. The number of benzene rings is 4. The van der Waals surface area contributed by atoms with Crippen LogP contribution >= 0.6 is 23.2 Å². The maximum atomic E-state index is 14.5. The zero-order chi connectivity index (χ0) is 33.3. The molecule has 4 rings (SSSR count). The summed E-state index contributed by atoms with van der Waals surface area (Å²) in [4.78, 5) is 29.8. The molecule has 0 radical (unpaired) electrons. The smallest absolute Gasteiger partial charge is 0.264 e. The van der Waals surface area contributed by atoms with Gasteiger partial charge in [0.15, 0.2) is 0 Å². The molecule has 4 aromatic rings. The summed E-state index contributed by atoms with van der Waals surface area (Å²) < 4.78 is 34.5. The maximum absolute atomic E-state index is 14.5. The van der Waals surface area contributed by atoms with E-state index in [-0.39, 0.29) is 35.4 Å². The molecule has 0 fully saturated rings. The van der Waals surface area contributed by atoms with Gasteiger partial charge in [0.25, 0.3) is 10.0 Å². The molecular weight excluding hydrogens is 645 g/mol. The van der Waals surface area contributed by atoms with Gasteiger partial charge in [-0.15, -0.1) is 0 Å². The first kappa shape index (κ1) is 34.8. The summed E-state index contributed by atoms with van der Waals surface area (Å²) in [7, 11) is -2.71. The molecule has 0 unspecified atom stereocenters. The van der Waals surface area contributed by atoms with E-state index in [1.807, 2.05) is 44.2 Å². The van der Waals surface area contributed by atoms with Gasteiger partial charge in [-0.3, -0.25) is 13.9 Å². The van der Waals surface area contributed by atoms with Crippen LogP contribution in [-0.2, 0) is 32.6 Å². The van der Waals surface area contributed by atoms with Crippen molar-refractivity contribution in [1.82, 2.24) is 10.2 Å². The Morgan fingerprint density at radius 2 is 1.50 bits per heavy atom. The summed E-state index contributed by atoms with van der Waals surface area (Å²) in [6.45, 7) is 3.70. The number of rotatable bonds is 14. The molecule has 0 spiro atoms. The third-order valence-corrected chi connectivity index (χ3v) is 9.66. The van der Waals surface area contributed by atoms with E-state index in [0.717, 1.165) is 9.87 Å². The fourth-order valence-corrected chi connectivity index (χ4v) is 6.71. The second-order valence-corrected chi connectivity index (χ2v) is 13.8. The highest BCUT2D eigenvalue weighted by Gasteiger charge is 2.35. The van der Waals surface area contributed by atoms with E-state index in [1.54, 1.807) is 60.7 Å². The fourth-order valence-electron chi connectivity index (χ4n) is 4.81. The minimum Gasteiger partial charge on any atom is -0.497 e. The largest absolute Gasteiger partial charge is 0.497 e. The Kier molecular flexibility index (Phi) is 12.1. The standard InChI is InChI=1S/C35H37Cl2N3O5S/c1-25(2)22-38-35(42)33(20-26-10-6-4-7-11-26)39(23-27-14-15-28(36)21-32(27)37)34(41)24-40(29-16-18-30(45-3)19-17-29)46(43,44)31-12-8-5-9-13-31/h4-19,21,25,33H,20,22-24H2,1-3H3,(H,38,42)/t33-/m1/s1. The number of nitrogens with one attached hydrogen (secondary N) is 1. The number of methoxy groups -OCH3 is 1. The summed E-state index contributed by atoms with van der Waals surface area (Å²) in [5, 5.41) is 3.70. The number of hydrogen-bond acceptors (Lipinski definition) is 5. The third-order valence-electron chi connectivity index (χ3n) is 7.28. The molecule has 0 aliphatic heterocycles. The van der Waals surface area contributed by atoms with E-state index in [9.17, 15) is 18.0 Å². The second kappa shape index (κ2) is 16.0. The molecule has 0 bridgehead atoms. The number of ether oxygens (including phenoxy) is 1. The molecule has 1 N–H and O–H groups in total. The van der Waals surface area contributed by atoms with Gasteiger partial charge in [0.1, 0.15) is 18.3 Å². The quantitative estimate of drug-likeness (QED) is 0.162. The minimum atomic E-state index is -4.21. The van der Waals surface area contributed by atoms with Gasteiger partial charge in [-0.05, 0) is 65.6 Å². The molecule has 242 valence electrons. The Morgan fingerprint density at radius 3 is 2.09 bits per heavy atom. The molecule has 8 nitrogen and oxygen atoms in total. The van der Waals surface area contributed by atoms with E-state index >= 15 is 0 Å². The van der Waals surface area contributed by atoms with E-state index < -0.39 is 28.5 Å². The molecule has 4 aromatic carbocycles. The highest BCUT2D eigenvalue weighted by molar-refractivity contribution is 7.92. The first-order valence-corrected chi connectivity index (χ1v) is 17.0. The zero-order valence-electron chi connectivity index (χ0n) is 25.9. The summed E-state index contributed by atoms with van der Waals surface area (Å²) in [5.74, 6) is -0.270. The number of carbonyl (C=O) groups excluding carboxylic acids is 2. The van der Waals surface area contributed by atoms with Crippen molar-refractivity contribution in [1.29, 1.82) is 0 Å². The van der Waals surface area contributed by atoms with E-state index in [2.05, 4.69) is 5.32 Å². The molecule has 0 saturated heterocycles. The maximum Gasteiger partial charge on any atom is 0.264 e. The highest BCUT2D eigenvalue weighted by Crippen LogP contribution is 2.28. The molecular formula is C35H37Cl2N3O5S. The predicted molar refractivity (Wildman–Crippen MR) is 183 cm³/mol. The Morgan fingerprint density at radius 1 is 0.870 bits per heavy atom. The van der Waals surface area contributed by atoms with Crippen molar-refractivity contribution in [3.8, 4) is 5.75 Å². The Labute approximate surface area is 280 Å². The summed E-state index contributed by atoms with van der Waals surface area (Å²) in [6, 6.07) is 27.5. The molecule has 11 heteroatoms.